The number of hydrogen-bond acceptors (Lipinski definition) is 9. The van der Waals surface area contributed by atoms with Crippen molar-refractivity contribution in [1.29, 1.82) is 0 Å². The van der Waals surface area contributed by atoms with E-state index in [1.54, 1.807) is 19.2 Å². The molecule has 4 N–H and O–H groups in total. The molecule has 0 bridgehead atoms. The van der Waals surface area contributed by atoms with Crippen LogP contribution in [0.2, 0.25) is 0 Å². The van der Waals surface area contributed by atoms with Gasteiger partial charge in [-0.1, -0.05) is 5.16 Å². The maximum Gasteiger partial charge on any atom is 0.327 e. The molecule has 0 aromatic carbocycles. The fourth-order valence-electron chi connectivity index (χ4n) is 4.33. The van der Waals surface area contributed by atoms with Crippen LogP contribution in [0.3, 0.4) is 0 Å². The van der Waals surface area contributed by atoms with Crippen molar-refractivity contribution in [1.82, 2.24) is 15.2 Å². The van der Waals surface area contributed by atoms with Crippen LogP contribution in [0.25, 0.3) is 0 Å². The zero-order chi connectivity index (χ0) is 22.6. The Morgan fingerprint density at radius 2 is 2.03 bits per heavy atom. The minimum atomic E-state index is -1.06. The molecule has 10 nitrogen and oxygen atoms in total. The summed E-state index contributed by atoms with van der Waals surface area (Å²) in [7, 11) is 0. The highest BCUT2D eigenvalue weighted by Gasteiger charge is 2.64. The minimum Gasteiger partial charge on any atom is -0.480 e. The lowest BCUT2D eigenvalue weighted by atomic mass is 9.96. The molecule has 1 aromatic rings. The van der Waals surface area contributed by atoms with Gasteiger partial charge in [0, 0.05) is 10.1 Å². The van der Waals surface area contributed by atoms with E-state index >= 15 is 0 Å². The summed E-state index contributed by atoms with van der Waals surface area (Å²) in [5, 5.41) is 17.8. The number of carbonyl (C=O) groups excluding carboxylic acids is 2. The number of fused-ring (bicyclic) bond motifs is 1. The first kappa shape index (κ1) is 21.9. The second-order valence-corrected chi connectivity index (χ2v) is 11.5. The number of β-lactam (4-membered cyclic amide) rings is 1. The summed E-state index contributed by atoms with van der Waals surface area (Å²) in [6.07, 6.45) is 3.74. The summed E-state index contributed by atoms with van der Waals surface area (Å²) in [5.41, 5.74) is 5.50. The zero-order valence-corrected chi connectivity index (χ0v) is 19.1. The zero-order valence-electron chi connectivity index (χ0n) is 17.5. The van der Waals surface area contributed by atoms with Gasteiger partial charge in [0.15, 0.2) is 10.8 Å². The van der Waals surface area contributed by atoms with Crippen molar-refractivity contribution in [2.75, 3.05) is 5.73 Å². The Labute approximate surface area is 187 Å². The highest BCUT2D eigenvalue weighted by molar-refractivity contribution is 8.01. The Hall–Kier alpha value is -2.34. The van der Waals surface area contributed by atoms with Crippen LogP contribution < -0.4 is 11.1 Å². The molecule has 2 amide bonds. The van der Waals surface area contributed by atoms with Gasteiger partial charge in [0.2, 0.25) is 5.91 Å². The van der Waals surface area contributed by atoms with Crippen molar-refractivity contribution in [3.8, 4) is 0 Å². The van der Waals surface area contributed by atoms with Crippen LogP contribution in [-0.4, -0.2) is 66.3 Å². The lowest BCUT2D eigenvalue weighted by Gasteiger charge is -2.43. The first-order valence-corrected chi connectivity index (χ1v) is 11.8. The van der Waals surface area contributed by atoms with Gasteiger partial charge in [0.05, 0.1) is 0 Å². The Kier molecular flexibility index (Phi) is 5.41. The van der Waals surface area contributed by atoms with Crippen LogP contribution in [-0.2, 0) is 19.2 Å². The average Bonchev–Trinajstić information content (AvgIpc) is 3.37. The maximum atomic E-state index is 13.1. The molecule has 0 radical (unpaired) electrons. The molecule has 2 saturated heterocycles. The summed E-state index contributed by atoms with van der Waals surface area (Å²) in [4.78, 5) is 48.6. The number of hydrogen-bond donors (Lipinski definition) is 3. The number of aliphatic carboxylic acids is 1. The molecule has 168 valence electrons. The third-order valence-corrected chi connectivity index (χ3v) is 8.21. The van der Waals surface area contributed by atoms with Gasteiger partial charge in [-0.2, -0.15) is 0 Å². The van der Waals surface area contributed by atoms with Crippen LogP contribution >= 0.6 is 23.1 Å². The monoisotopic (exact) mass is 467 g/mol. The van der Waals surface area contributed by atoms with E-state index in [2.05, 4.69) is 15.5 Å². The Morgan fingerprint density at radius 1 is 1.35 bits per heavy atom. The van der Waals surface area contributed by atoms with Crippen LogP contribution in [0.15, 0.2) is 10.5 Å². The van der Waals surface area contributed by atoms with E-state index in [4.69, 9.17) is 10.6 Å². The second-order valence-electron chi connectivity index (χ2n) is 8.81. The number of oxime groups is 1. The Bertz CT molecular complexity index is 955. The number of carbonyl (C=O) groups is 3. The highest BCUT2D eigenvalue weighted by Crippen LogP contribution is 2.50. The quantitative estimate of drug-likeness (QED) is 0.323. The van der Waals surface area contributed by atoms with Crippen LogP contribution in [0, 0.1) is 0 Å². The number of nitrogen functional groups attached to an aromatic ring is 1. The summed E-state index contributed by atoms with van der Waals surface area (Å²) in [6, 6.07) is -1.79. The fourth-order valence-corrected chi connectivity index (χ4v) is 6.50. The number of thioether (sulfide) groups is 1. The van der Waals surface area contributed by atoms with Gasteiger partial charge < -0.3 is 25.9 Å². The average molecular weight is 468 g/mol. The molecule has 2 aliphatic heterocycles. The number of nitrogens with zero attached hydrogens (tertiary/aromatic N) is 3. The predicted octanol–water partition coefficient (Wildman–Crippen LogP) is 1.41. The fraction of sp³-hybridized carbons (Fsp3) is 0.632. The van der Waals surface area contributed by atoms with Crippen LogP contribution in [0.5, 0.6) is 0 Å². The molecule has 3 fully saturated rings. The van der Waals surface area contributed by atoms with E-state index < -0.39 is 45.6 Å². The van der Waals surface area contributed by atoms with Crippen molar-refractivity contribution in [2.45, 2.75) is 74.3 Å². The molecule has 3 atom stereocenters. The molecule has 3 aliphatic rings. The van der Waals surface area contributed by atoms with Crippen molar-refractivity contribution < 1.29 is 24.3 Å². The molecule has 0 spiro atoms. The highest BCUT2D eigenvalue weighted by atomic mass is 32.2. The third kappa shape index (κ3) is 3.86. The molecule has 31 heavy (non-hydrogen) atoms. The number of nitrogens with two attached hydrogens (primary N) is 1. The Balaban J connectivity index is 1.53. The van der Waals surface area contributed by atoms with E-state index in [1.807, 2.05) is 6.92 Å². The van der Waals surface area contributed by atoms with Gasteiger partial charge >= 0.3 is 5.97 Å². The van der Waals surface area contributed by atoms with Gasteiger partial charge in [0.25, 0.3) is 5.91 Å². The molecule has 1 aliphatic carbocycles. The molecule has 1 aromatic heterocycles. The summed E-state index contributed by atoms with van der Waals surface area (Å²) < 4.78 is -0.675. The van der Waals surface area contributed by atoms with E-state index in [1.165, 1.54) is 28.0 Å². The lowest BCUT2D eigenvalue weighted by molar-refractivity contribution is -0.160. The molecule has 0 unspecified atom stereocenters. The number of nitrogens with one attached hydrogen (secondary N) is 1. The number of aromatic nitrogens is 1. The number of rotatable bonds is 6. The number of amides is 2. The second kappa shape index (κ2) is 7.66. The summed E-state index contributed by atoms with van der Waals surface area (Å²) in [6.45, 7) is 5.51. The van der Waals surface area contributed by atoms with Gasteiger partial charge in [-0.05, 0) is 46.5 Å². The van der Waals surface area contributed by atoms with Gasteiger partial charge in [-0.3, -0.25) is 9.59 Å². The third-order valence-electron chi connectivity index (χ3n) is 5.96. The van der Waals surface area contributed by atoms with Crippen molar-refractivity contribution in [3.63, 3.8) is 0 Å². The van der Waals surface area contributed by atoms with E-state index in [-0.39, 0.29) is 16.5 Å². The van der Waals surface area contributed by atoms with Gasteiger partial charge in [-0.25, -0.2) is 9.78 Å². The number of carboxylic acids is 1. The van der Waals surface area contributed by atoms with E-state index in [0.29, 0.717) is 0 Å². The van der Waals surface area contributed by atoms with Gasteiger partial charge in [0.1, 0.15) is 28.8 Å². The van der Waals surface area contributed by atoms with Crippen molar-refractivity contribution in [3.05, 3.63) is 11.1 Å². The van der Waals surface area contributed by atoms with Crippen molar-refractivity contribution >= 4 is 51.7 Å². The molecule has 12 heteroatoms. The molecular formula is C19H25N5O5S2. The van der Waals surface area contributed by atoms with E-state index in [0.717, 1.165) is 25.7 Å². The summed E-state index contributed by atoms with van der Waals surface area (Å²) in [5.74, 6) is -2.09. The first-order valence-electron chi connectivity index (χ1n) is 10.0. The number of thiazole rings is 1. The number of carboxylic acid groups (broad SMARTS) is 1. The molecular weight excluding hydrogens is 442 g/mol. The standard InChI is InChI=1S/C19H25N5O5S2/c1-18(2)12(16(27)28)24-14(26)11(15(24)31-18)22-13(25)10(9-8-30-17(20)21-9)23-29-19(3)6-4-5-7-19/h8,11-12,15H,4-7H2,1-3H3,(H2,20,21)(H,22,25)(H,27,28)/b23-10-/t11-,12-,15+/m0/s1. The predicted molar refractivity (Wildman–Crippen MR) is 117 cm³/mol. The smallest absolute Gasteiger partial charge is 0.327 e. The topological polar surface area (TPSA) is 147 Å². The molecule has 1 saturated carbocycles. The molecule has 4 rings (SSSR count). The largest absolute Gasteiger partial charge is 0.480 e. The van der Waals surface area contributed by atoms with Crippen molar-refractivity contribution in [2.24, 2.45) is 5.16 Å². The van der Waals surface area contributed by atoms with Crippen LogP contribution in [0.1, 0.15) is 52.1 Å². The van der Waals surface area contributed by atoms with Crippen LogP contribution in [0.4, 0.5) is 5.13 Å². The normalized spacial score (nSPS) is 28.7. The Morgan fingerprint density at radius 3 is 2.61 bits per heavy atom. The molecule has 3 heterocycles. The van der Waals surface area contributed by atoms with E-state index in [9.17, 15) is 19.5 Å². The maximum absolute atomic E-state index is 13.1. The SMILES string of the molecule is CC1(O/N=C(\C(=O)N[C@H]2C(=O)N3[C@@H]2SC(C)(C)[C@@H]3C(=O)O)c2csc(N)n2)CCCC1. The number of anilines is 1. The summed E-state index contributed by atoms with van der Waals surface area (Å²) >= 11 is 2.53. The first-order chi connectivity index (χ1) is 14.5. The lowest BCUT2D eigenvalue weighted by Crippen LogP contribution is -2.71. The minimum absolute atomic E-state index is 0.0515. The van der Waals surface area contributed by atoms with Gasteiger partial charge in [-0.15, -0.1) is 23.1 Å².